The first-order valence-electron chi connectivity index (χ1n) is 11.2. The van der Waals surface area contributed by atoms with Gasteiger partial charge >= 0.3 is 0 Å². The summed E-state index contributed by atoms with van der Waals surface area (Å²) in [6.07, 6.45) is 0. The Morgan fingerprint density at radius 3 is 2.42 bits per heavy atom. The van der Waals surface area contributed by atoms with Crippen LogP contribution in [0.3, 0.4) is 0 Å². The molecule has 0 aliphatic carbocycles. The standard InChI is InChI=1S/C27H31BrN2O3/c1-18(2)15-29-27(32)20(4)30(16-22-11-6-5-9-19(22)3)25(31)17-33-24-14-13-21-10-7-8-12-23(21)26(24)28/h5-14,18,20H,15-17H2,1-4H3,(H,29,32)/t20-/m1/s1. The van der Waals surface area contributed by atoms with Crippen LogP contribution in [-0.4, -0.2) is 35.9 Å². The van der Waals surface area contributed by atoms with Gasteiger partial charge in [-0.3, -0.25) is 9.59 Å². The second-order valence-corrected chi connectivity index (χ2v) is 9.44. The van der Waals surface area contributed by atoms with Crippen molar-refractivity contribution in [3.63, 3.8) is 0 Å². The van der Waals surface area contributed by atoms with E-state index in [1.54, 1.807) is 11.8 Å². The molecule has 0 bridgehead atoms. The van der Waals surface area contributed by atoms with E-state index in [1.807, 2.05) is 81.4 Å². The molecule has 3 aromatic rings. The third kappa shape index (κ3) is 6.35. The lowest BCUT2D eigenvalue weighted by atomic mass is 10.1. The quantitative estimate of drug-likeness (QED) is 0.414. The van der Waals surface area contributed by atoms with Crippen molar-refractivity contribution in [1.82, 2.24) is 10.2 Å². The zero-order valence-electron chi connectivity index (χ0n) is 19.6. The number of nitrogens with zero attached hydrogens (tertiary/aromatic N) is 1. The Balaban J connectivity index is 1.79. The molecule has 174 valence electrons. The summed E-state index contributed by atoms with van der Waals surface area (Å²) in [6.45, 7) is 8.58. The van der Waals surface area contributed by atoms with E-state index in [0.29, 0.717) is 24.8 Å². The lowest BCUT2D eigenvalue weighted by molar-refractivity contribution is -0.142. The molecule has 0 heterocycles. The molecule has 1 atom stereocenters. The van der Waals surface area contributed by atoms with E-state index >= 15 is 0 Å². The molecule has 5 nitrogen and oxygen atoms in total. The minimum atomic E-state index is -0.625. The van der Waals surface area contributed by atoms with Crippen molar-refractivity contribution in [2.24, 2.45) is 5.92 Å². The SMILES string of the molecule is Cc1ccccc1CN(C(=O)COc1ccc2ccccc2c1Br)[C@H](C)C(=O)NCC(C)C. The highest BCUT2D eigenvalue weighted by molar-refractivity contribution is 9.10. The van der Waals surface area contributed by atoms with Crippen molar-refractivity contribution in [3.05, 3.63) is 76.3 Å². The van der Waals surface area contributed by atoms with Gasteiger partial charge in [-0.15, -0.1) is 0 Å². The first-order valence-corrected chi connectivity index (χ1v) is 12.0. The Bertz CT molecular complexity index is 1130. The van der Waals surface area contributed by atoms with Gasteiger partial charge in [0.2, 0.25) is 5.91 Å². The van der Waals surface area contributed by atoms with E-state index < -0.39 is 6.04 Å². The Hall–Kier alpha value is -2.86. The topological polar surface area (TPSA) is 58.6 Å². The van der Waals surface area contributed by atoms with Crippen LogP contribution in [0.2, 0.25) is 0 Å². The molecular weight excluding hydrogens is 480 g/mol. The Labute approximate surface area is 204 Å². The lowest BCUT2D eigenvalue weighted by Gasteiger charge is -2.29. The summed E-state index contributed by atoms with van der Waals surface area (Å²) in [5.74, 6) is 0.507. The molecule has 2 amide bonds. The maximum Gasteiger partial charge on any atom is 0.261 e. The number of amides is 2. The molecule has 0 unspecified atom stereocenters. The number of fused-ring (bicyclic) bond motifs is 1. The van der Waals surface area contributed by atoms with Crippen molar-refractivity contribution in [2.45, 2.75) is 40.3 Å². The number of carbonyl (C=O) groups excluding carboxylic acids is 2. The largest absolute Gasteiger partial charge is 0.483 e. The molecule has 1 N–H and O–H groups in total. The monoisotopic (exact) mass is 510 g/mol. The van der Waals surface area contributed by atoms with Crippen LogP contribution >= 0.6 is 15.9 Å². The number of aryl methyl sites for hydroxylation is 1. The summed E-state index contributed by atoms with van der Waals surface area (Å²) in [5, 5.41) is 5.04. The molecule has 0 saturated carbocycles. The fourth-order valence-corrected chi connectivity index (χ4v) is 4.16. The number of carbonyl (C=O) groups is 2. The molecular formula is C27H31BrN2O3. The predicted octanol–water partition coefficient (Wildman–Crippen LogP) is 5.48. The van der Waals surface area contributed by atoms with E-state index in [1.165, 1.54) is 0 Å². The van der Waals surface area contributed by atoms with Gasteiger partial charge in [0, 0.05) is 13.1 Å². The number of halogens is 1. The Morgan fingerprint density at radius 2 is 1.70 bits per heavy atom. The molecule has 0 aliphatic rings. The summed E-state index contributed by atoms with van der Waals surface area (Å²) in [6, 6.07) is 19.0. The van der Waals surface area contributed by atoms with Gasteiger partial charge in [-0.25, -0.2) is 0 Å². The van der Waals surface area contributed by atoms with E-state index in [4.69, 9.17) is 4.74 Å². The Morgan fingerprint density at radius 1 is 1.00 bits per heavy atom. The minimum Gasteiger partial charge on any atom is -0.483 e. The molecule has 0 fully saturated rings. The molecule has 0 radical (unpaired) electrons. The van der Waals surface area contributed by atoms with Crippen LogP contribution in [0.15, 0.2) is 65.1 Å². The molecule has 0 aliphatic heterocycles. The first-order chi connectivity index (χ1) is 15.8. The maximum atomic E-state index is 13.3. The smallest absolute Gasteiger partial charge is 0.261 e. The van der Waals surface area contributed by atoms with Gasteiger partial charge < -0.3 is 15.0 Å². The van der Waals surface area contributed by atoms with Crippen molar-refractivity contribution in [1.29, 1.82) is 0 Å². The van der Waals surface area contributed by atoms with Gasteiger partial charge in [-0.2, -0.15) is 0 Å². The number of hydrogen-bond donors (Lipinski definition) is 1. The van der Waals surface area contributed by atoms with Crippen molar-refractivity contribution in [2.75, 3.05) is 13.2 Å². The van der Waals surface area contributed by atoms with Crippen LogP contribution in [-0.2, 0) is 16.1 Å². The molecule has 3 aromatic carbocycles. The number of hydrogen-bond acceptors (Lipinski definition) is 3. The number of benzene rings is 3. The fourth-order valence-electron chi connectivity index (χ4n) is 3.55. The van der Waals surface area contributed by atoms with Crippen molar-refractivity contribution >= 4 is 38.5 Å². The van der Waals surface area contributed by atoms with E-state index in [2.05, 4.69) is 21.2 Å². The molecule has 0 saturated heterocycles. The summed E-state index contributed by atoms with van der Waals surface area (Å²) >= 11 is 3.60. The molecule has 33 heavy (non-hydrogen) atoms. The highest BCUT2D eigenvalue weighted by Crippen LogP contribution is 2.33. The van der Waals surface area contributed by atoms with E-state index in [0.717, 1.165) is 26.4 Å². The normalized spacial score (nSPS) is 11.9. The average molecular weight is 511 g/mol. The van der Waals surface area contributed by atoms with Crippen LogP contribution in [0.25, 0.3) is 10.8 Å². The van der Waals surface area contributed by atoms with Crippen LogP contribution in [0.4, 0.5) is 0 Å². The second kappa shape index (κ2) is 11.3. The third-order valence-corrected chi connectivity index (χ3v) is 6.45. The van der Waals surface area contributed by atoms with Gasteiger partial charge in [-0.05, 0) is 63.7 Å². The van der Waals surface area contributed by atoms with Crippen LogP contribution < -0.4 is 10.1 Å². The zero-order valence-corrected chi connectivity index (χ0v) is 21.2. The Kier molecular flexibility index (Phi) is 8.50. The number of nitrogens with one attached hydrogen (secondary N) is 1. The summed E-state index contributed by atoms with van der Waals surface area (Å²) in [7, 11) is 0. The highest BCUT2D eigenvalue weighted by Gasteiger charge is 2.27. The van der Waals surface area contributed by atoms with Crippen LogP contribution in [0, 0.1) is 12.8 Å². The maximum absolute atomic E-state index is 13.3. The van der Waals surface area contributed by atoms with Gasteiger partial charge in [0.05, 0.1) is 4.47 Å². The summed E-state index contributed by atoms with van der Waals surface area (Å²) in [5.41, 5.74) is 2.07. The van der Waals surface area contributed by atoms with Crippen LogP contribution in [0.5, 0.6) is 5.75 Å². The third-order valence-electron chi connectivity index (χ3n) is 5.63. The molecule has 0 aromatic heterocycles. The summed E-state index contributed by atoms with van der Waals surface area (Å²) < 4.78 is 6.72. The van der Waals surface area contributed by atoms with Crippen molar-refractivity contribution in [3.8, 4) is 5.75 Å². The minimum absolute atomic E-state index is 0.162. The van der Waals surface area contributed by atoms with Gasteiger partial charge in [0.15, 0.2) is 6.61 Å². The van der Waals surface area contributed by atoms with E-state index in [9.17, 15) is 9.59 Å². The zero-order chi connectivity index (χ0) is 24.0. The van der Waals surface area contributed by atoms with Gasteiger partial charge in [-0.1, -0.05) is 68.4 Å². The highest BCUT2D eigenvalue weighted by atomic mass is 79.9. The molecule has 0 spiro atoms. The van der Waals surface area contributed by atoms with E-state index in [-0.39, 0.29) is 18.4 Å². The summed E-state index contributed by atoms with van der Waals surface area (Å²) in [4.78, 5) is 27.7. The lowest BCUT2D eigenvalue weighted by Crippen LogP contribution is -2.49. The number of ether oxygens (including phenoxy) is 1. The fraction of sp³-hybridized carbons (Fsp3) is 0.333. The molecule has 6 heteroatoms. The van der Waals surface area contributed by atoms with Crippen molar-refractivity contribution < 1.29 is 14.3 Å². The first kappa shape index (κ1) is 24.8. The van der Waals surface area contributed by atoms with Crippen LogP contribution in [0.1, 0.15) is 31.9 Å². The number of rotatable bonds is 9. The molecule has 3 rings (SSSR count). The van der Waals surface area contributed by atoms with Gasteiger partial charge in [0.25, 0.3) is 5.91 Å². The second-order valence-electron chi connectivity index (χ2n) is 8.65. The average Bonchev–Trinajstić information content (AvgIpc) is 2.81. The predicted molar refractivity (Wildman–Crippen MR) is 136 cm³/mol. The van der Waals surface area contributed by atoms with Gasteiger partial charge in [0.1, 0.15) is 11.8 Å².